The van der Waals surface area contributed by atoms with Gasteiger partial charge in [-0.25, -0.2) is 0 Å². The van der Waals surface area contributed by atoms with Gasteiger partial charge >= 0.3 is 0 Å². The van der Waals surface area contributed by atoms with E-state index in [2.05, 4.69) is 16.8 Å². The van der Waals surface area contributed by atoms with Crippen LogP contribution in [0.4, 0.5) is 0 Å². The zero-order valence-corrected chi connectivity index (χ0v) is 8.71. The lowest BCUT2D eigenvalue weighted by molar-refractivity contribution is -0.117. The first-order valence-electron chi connectivity index (χ1n) is 5.00. The highest BCUT2D eigenvalue weighted by molar-refractivity contribution is 5.93. The third-order valence-corrected chi connectivity index (χ3v) is 2.11. The van der Waals surface area contributed by atoms with Crippen LogP contribution in [0.5, 0.6) is 0 Å². The topological polar surface area (TPSA) is 41.6 Å². The lowest BCUT2D eigenvalue weighted by Gasteiger charge is -2.26. The lowest BCUT2D eigenvalue weighted by atomic mass is 10.2. The van der Waals surface area contributed by atoms with E-state index in [1.54, 1.807) is 0 Å². The van der Waals surface area contributed by atoms with Crippen molar-refractivity contribution in [3.63, 3.8) is 0 Å². The van der Waals surface area contributed by atoms with Crippen molar-refractivity contribution in [2.45, 2.75) is 13.3 Å². The minimum Gasteiger partial charge on any atom is -0.366 e. The number of nitrogens with one attached hydrogen (secondary N) is 1. The van der Waals surface area contributed by atoms with E-state index in [9.17, 15) is 4.79 Å². The minimum absolute atomic E-state index is 0.0573. The quantitative estimate of drug-likeness (QED) is 0.663. The van der Waals surface area contributed by atoms with Crippen LogP contribution in [0.25, 0.3) is 0 Å². The Bertz CT molecular complexity index is 210. The van der Waals surface area contributed by atoms with Crippen LogP contribution < -0.4 is 5.32 Å². The fraction of sp³-hybridized carbons (Fsp3) is 0.700. The molecule has 0 aromatic carbocycles. The van der Waals surface area contributed by atoms with Crippen LogP contribution in [0.3, 0.4) is 0 Å². The van der Waals surface area contributed by atoms with Crippen LogP contribution >= 0.6 is 0 Å². The summed E-state index contributed by atoms with van der Waals surface area (Å²) in [5, 5.41) is 2.73. The molecule has 4 heteroatoms. The zero-order valence-electron chi connectivity index (χ0n) is 8.71. The number of rotatable bonds is 4. The van der Waals surface area contributed by atoms with Crippen molar-refractivity contribution in [2.24, 2.45) is 0 Å². The maximum Gasteiger partial charge on any atom is 0.247 e. The Morgan fingerprint density at radius 3 is 3.00 bits per heavy atom. The second-order valence-electron chi connectivity index (χ2n) is 3.41. The average Bonchev–Trinajstić information content (AvgIpc) is 2.19. The van der Waals surface area contributed by atoms with Gasteiger partial charge in [0.05, 0.1) is 6.73 Å². The maximum absolute atomic E-state index is 11.3. The first-order chi connectivity index (χ1) is 6.74. The molecule has 14 heavy (non-hydrogen) atoms. The van der Waals surface area contributed by atoms with Crippen LogP contribution in [0.2, 0.25) is 0 Å². The van der Waals surface area contributed by atoms with E-state index >= 15 is 0 Å². The highest BCUT2D eigenvalue weighted by atomic mass is 16.5. The number of carbonyl (C=O) groups excluding carboxylic acids is 1. The number of hydrogen-bond acceptors (Lipinski definition) is 3. The molecule has 0 aromatic rings. The smallest absolute Gasteiger partial charge is 0.247 e. The van der Waals surface area contributed by atoms with Gasteiger partial charge in [0.25, 0.3) is 0 Å². The van der Waals surface area contributed by atoms with E-state index in [-0.39, 0.29) is 5.91 Å². The van der Waals surface area contributed by atoms with Crippen molar-refractivity contribution < 1.29 is 9.53 Å². The second kappa shape index (κ2) is 5.78. The molecule has 0 atom stereocenters. The van der Waals surface area contributed by atoms with Crippen molar-refractivity contribution in [3.8, 4) is 0 Å². The number of ether oxygens (including phenoxy) is 1. The van der Waals surface area contributed by atoms with E-state index in [1.165, 1.54) is 0 Å². The Labute approximate surface area is 84.9 Å². The molecule has 0 bridgehead atoms. The van der Waals surface area contributed by atoms with Gasteiger partial charge in [-0.15, -0.1) is 0 Å². The van der Waals surface area contributed by atoms with Crippen molar-refractivity contribution in [2.75, 3.05) is 33.0 Å². The van der Waals surface area contributed by atoms with Crippen LogP contribution in [0, 0.1) is 0 Å². The van der Waals surface area contributed by atoms with E-state index in [0.717, 1.165) is 19.6 Å². The Hall–Kier alpha value is -0.870. The van der Waals surface area contributed by atoms with Crippen LogP contribution in [0.15, 0.2) is 12.2 Å². The molecule has 0 saturated carbocycles. The second-order valence-corrected chi connectivity index (χ2v) is 3.41. The Morgan fingerprint density at radius 1 is 1.64 bits per heavy atom. The van der Waals surface area contributed by atoms with Gasteiger partial charge in [-0.05, 0) is 13.3 Å². The summed E-state index contributed by atoms with van der Waals surface area (Å²) in [5.74, 6) is -0.0573. The largest absolute Gasteiger partial charge is 0.366 e. The standard InChI is InChI=1S/C10H18N2O2/c1-3-11-10(13)9(2)7-12-5-4-6-14-8-12/h2-8H2,1H3,(H,11,13). The average molecular weight is 198 g/mol. The molecule has 0 unspecified atom stereocenters. The molecule has 1 amide bonds. The highest BCUT2D eigenvalue weighted by Crippen LogP contribution is 2.04. The third-order valence-electron chi connectivity index (χ3n) is 2.11. The molecule has 0 radical (unpaired) electrons. The molecule has 4 nitrogen and oxygen atoms in total. The van der Waals surface area contributed by atoms with Crippen molar-refractivity contribution in [1.29, 1.82) is 0 Å². The van der Waals surface area contributed by atoms with Crippen molar-refractivity contribution in [3.05, 3.63) is 12.2 Å². The molecule has 1 fully saturated rings. The Morgan fingerprint density at radius 2 is 2.43 bits per heavy atom. The van der Waals surface area contributed by atoms with E-state index in [0.29, 0.717) is 25.4 Å². The molecule has 1 saturated heterocycles. The Kier molecular flexibility index (Phi) is 4.62. The molecular formula is C10H18N2O2. The van der Waals surface area contributed by atoms with Gasteiger partial charge in [-0.1, -0.05) is 6.58 Å². The number of hydrogen-bond donors (Lipinski definition) is 1. The zero-order chi connectivity index (χ0) is 10.4. The number of amides is 1. The van der Waals surface area contributed by atoms with Crippen LogP contribution in [-0.2, 0) is 9.53 Å². The number of nitrogens with zero attached hydrogens (tertiary/aromatic N) is 1. The van der Waals surface area contributed by atoms with Crippen molar-refractivity contribution in [1.82, 2.24) is 10.2 Å². The summed E-state index contributed by atoms with van der Waals surface area (Å²) in [6.07, 6.45) is 1.03. The monoisotopic (exact) mass is 198 g/mol. The Balaban J connectivity index is 2.28. The van der Waals surface area contributed by atoms with Crippen LogP contribution in [-0.4, -0.2) is 43.8 Å². The van der Waals surface area contributed by atoms with Gasteiger partial charge in [-0.2, -0.15) is 0 Å². The van der Waals surface area contributed by atoms with Gasteiger partial charge in [0, 0.05) is 31.8 Å². The van der Waals surface area contributed by atoms with Gasteiger partial charge in [0.2, 0.25) is 5.91 Å². The van der Waals surface area contributed by atoms with Crippen LogP contribution in [0.1, 0.15) is 13.3 Å². The fourth-order valence-corrected chi connectivity index (χ4v) is 1.40. The third kappa shape index (κ3) is 3.47. The molecule has 0 aromatic heterocycles. The van der Waals surface area contributed by atoms with Gasteiger partial charge in [-0.3, -0.25) is 9.69 Å². The molecular weight excluding hydrogens is 180 g/mol. The molecule has 0 spiro atoms. The maximum atomic E-state index is 11.3. The predicted octanol–water partition coefficient (Wildman–Crippen LogP) is 0.358. The molecule has 1 aliphatic heterocycles. The van der Waals surface area contributed by atoms with Crippen molar-refractivity contribution >= 4 is 5.91 Å². The molecule has 0 aliphatic carbocycles. The molecule has 1 N–H and O–H groups in total. The first-order valence-corrected chi connectivity index (χ1v) is 5.00. The highest BCUT2D eigenvalue weighted by Gasteiger charge is 2.14. The summed E-state index contributed by atoms with van der Waals surface area (Å²) in [6.45, 7) is 9.32. The summed E-state index contributed by atoms with van der Waals surface area (Å²) in [6, 6.07) is 0. The lowest BCUT2D eigenvalue weighted by Crippen LogP contribution is -2.37. The van der Waals surface area contributed by atoms with E-state index < -0.39 is 0 Å². The van der Waals surface area contributed by atoms with Gasteiger partial charge in [0.15, 0.2) is 0 Å². The summed E-state index contributed by atoms with van der Waals surface area (Å²) < 4.78 is 5.28. The molecule has 1 heterocycles. The number of carbonyl (C=O) groups is 1. The molecule has 80 valence electrons. The summed E-state index contributed by atoms with van der Waals surface area (Å²) in [5.41, 5.74) is 0.609. The SMILES string of the molecule is C=C(CN1CCCOC1)C(=O)NCC. The predicted molar refractivity (Wildman–Crippen MR) is 54.8 cm³/mol. The fourth-order valence-electron chi connectivity index (χ4n) is 1.40. The molecule has 1 aliphatic rings. The summed E-state index contributed by atoms with van der Waals surface area (Å²) in [7, 11) is 0. The van der Waals surface area contributed by atoms with E-state index in [1.807, 2.05) is 6.92 Å². The van der Waals surface area contributed by atoms with Gasteiger partial charge < -0.3 is 10.1 Å². The van der Waals surface area contributed by atoms with E-state index in [4.69, 9.17) is 4.74 Å². The first kappa shape index (κ1) is 11.2. The van der Waals surface area contributed by atoms with Gasteiger partial charge in [0.1, 0.15) is 0 Å². The summed E-state index contributed by atoms with van der Waals surface area (Å²) in [4.78, 5) is 13.4. The number of likely N-dealkylation sites (N-methyl/N-ethyl adjacent to an activating group) is 1. The molecule has 1 rings (SSSR count). The minimum atomic E-state index is -0.0573. The normalized spacial score (nSPS) is 17.8. The summed E-state index contributed by atoms with van der Waals surface area (Å²) >= 11 is 0.